The molecular formula is C25H29IN4O8. The van der Waals surface area contributed by atoms with E-state index in [0.29, 0.717) is 9.13 Å². The number of halogens is 1. The van der Waals surface area contributed by atoms with Crippen LogP contribution in [0.1, 0.15) is 17.5 Å². The lowest BCUT2D eigenvalue weighted by molar-refractivity contribution is -0.153. The molecule has 2 unspecified atom stereocenters. The molecule has 4 rings (SSSR count). The predicted molar refractivity (Wildman–Crippen MR) is 144 cm³/mol. The van der Waals surface area contributed by atoms with E-state index in [4.69, 9.17) is 5.73 Å². The Kier molecular flexibility index (Phi) is 7.10. The minimum absolute atomic E-state index is 0.00389. The summed E-state index contributed by atoms with van der Waals surface area (Å²) in [4.78, 5) is 54.5. The van der Waals surface area contributed by atoms with Crippen molar-refractivity contribution in [2.24, 2.45) is 17.6 Å². The van der Waals surface area contributed by atoms with Gasteiger partial charge < -0.3 is 36.4 Å². The Morgan fingerprint density at radius 3 is 2.37 bits per heavy atom. The zero-order valence-corrected chi connectivity index (χ0v) is 23.4. The molecule has 12 nitrogen and oxygen atoms in total. The number of aliphatic hydroxyl groups is 3. The van der Waals surface area contributed by atoms with Crippen LogP contribution in [0, 0.1) is 15.4 Å². The van der Waals surface area contributed by atoms with Gasteiger partial charge in [0.15, 0.2) is 11.4 Å². The van der Waals surface area contributed by atoms with Crippen molar-refractivity contribution in [3.63, 3.8) is 0 Å². The summed E-state index contributed by atoms with van der Waals surface area (Å²) in [7, 11) is 6.49. The molecule has 0 saturated heterocycles. The van der Waals surface area contributed by atoms with Crippen LogP contribution in [0.3, 0.4) is 0 Å². The van der Waals surface area contributed by atoms with Crippen LogP contribution in [-0.4, -0.2) is 100.0 Å². The number of fused-ring (bicyclic) bond motifs is 3. The number of ketones is 2. The SMILES string of the molecule is CN(C)CC(=O)Nc1cc(I)c2c(c1O)C(O)=C1C(=O)[C@]3(O)C(O)=C(C(N)=O)C(=O)[C@@H](N(C)C)C3CC1C2. The summed E-state index contributed by atoms with van der Waals surface area (Å²) in [5.74, 6) is -7.62. The number of primary amides is 1. The highest BCUT2D eigenvalue weighted by molar-refractivity contribution is 14.1. The fraction of sp³-hybridized carbons (Fsp3) is 0.440. The topological polar surface area (TPSA) is 194 Å². The van der Waals surface area contributed by atoms with Gasteiger partial charge in [-0.2, -0.15) is 0 Å². The van der Waals surface area contributed by atoms with Gasteiger partial charge in [-0.3, -0.25) is 24.1 Å². The van der Waals surface area contributed by atoms with Crippen LogP contribution in [0.4, 0.5) is 5.69 Å². The van der Waals surface area contributed by atoms with Crippen LogP contribution in [0.5, 0.6) is 5.75 Å². The second-order valence-corrected chi connectivity index (χ2v) is 11.5. The van der Waals surface area contributed by atoms with E-state index in [1.54, 1.807) is 39.2 Å². The average molecular weight is 640 g/mol. The number of carbonyl (C=O) groups is 4. The van der Waals surface area contributed by atoms with Crippen molar-refractivity contribution in [2.45, 2.75) is 24.5 Å². The van der Waals surface area contributed by atoms with E-state index in [1.165, 1.54) is 4.90 Å². The van der Waals surface area contributed by atoms with E-state index in [2.05, 4.69) is 5.32 Å². The van der Waals surface area contributed by atoms with Crippen molar-refractivity contribution in [1.29, 1.82) is 0 Å². The Balaban J connectivity index is 1.90. The molecule has 3 aliphatic carbocycles. The number of nitrogens with two attached hydrogens (primary N) is 1. The lowest BCUT2D eigenvalue weighted by Gasteiger charge is -2.50. The quantitative estimate of drug-likeness (QED) is 0.146. The second kappa shape index (κ2) is 9.63. The van der Waals surface area contributed by atoms with E-state index in [0.717, 1.165) is 0 Å². The summed E-state index contributed by atoms with van der Waals surface area (Å²) in [6.07, 6.45) is 0.177. The molecule has 4 atom stereocenters. The average Bonchev–Trinajstić information content (AvgIpc) is 2.78. The number of phenols is 1. The van der Waals surface area contributed by atoms with Gasteiger partial charge in [-0.15, -0.1) is 0 Å². The molecule has 38 heavy (non-hydrogen) atoms. The molecule has 2 amide bonds. The van der Waals surface area contributed by atoms with Crippen molar-refractivity contribution < 1.29 is 39.6 Å². The number of benzene rings is 1. The number of carbonyl (C=O) groups excluding carboxylic acids is 4. The number of likely N-dealkylation sites (N-methyl/N-ethyl adjacent to an activating group) is 2. The minimum Gasteiger partial charge on any atom is -0.508 e. The second-order valence-electron chi connectivity index (χ2n) is 10.4. The molecule has 0 aliphatic heterocycles. The third kappa shape index (κ3) is 4.08. The van der Waals surface area contributed by atoms with Gasteiger partial charge in [-0.25, -0.2) is 0 Å². The Labute approximate surface area is 231 Å². The number of amides is 2. The van der Waals surface area contributed by atoms with Gasteiger partial charge in [0, 0.05) is 15.1 Å². The summed E-state index contributed by atoms with van der Waals surface area (Å²) < 4.78 is 0.608. The van der Waals surface area contributed by atoms with Gasteiger partial charge in [-0.05, 0) is 81.2 Å². The summed E-state index contributed by atoms with van der Waals surface area (Å²) >= 11 is 2.01. The van der Waals surface area contributed by atoms with Gasteiger partial charge in [0.2, 0.25) is 11.7 Å². The number of aliphatic hydroxyl groups excluding tert-OH is 2. The highest BCUT2D eigenvalue weighted by Crippen LogP contribution is 2.53. The zero-order chi connectivity index (χ0) is 28.4. The summed E-state index contributed by atoms with van der Waals surface area (Å²) in [6.45, 7) is 0.0364. The lowest BCUT2D eigenvalue weighted by Crippen LogP contribution is -2.65. The maximum absolute atomic E-state index is 13.9. The first-order chi connectivity index (χ1) is 17.6. The predicted octanol–water partition coefficient (Wildman–Crippen LogP) is 0.0687. The summed E-state index contributed by atoms with van der Waals surface area (Å²) in [5, 5.41) is 47.5. The third-order valence-electron chi connectivity index (χ3n) is 7.40. The summed E-state index contributed by atoms with van der Waals surface area (Å²) in [6, 6.07) is 0.413. The monoisotopic (exact) mass is 640 g/mol. The fourth-order valence-corrected chi connectivity index (χ4v) is 6.64. The van der Waals surface area contributed by atoms with Gasteiger partial charge in [0.1, 0.15) is 22.8 Å². The van der Waals surface area contributed by atoms with E-state index in [9.17, 15) is 39.6 Å². The molecule has 1 aromatic carbocycles. The Bertz CT molecular complexity index is 1350. The van der Waals surface area contributed by atoms with E-state index >= 15 is 0 Å². The number of aromatic hydroxyl groups is 1. The van der Waals surface area contributed by atoms with Gasteiger partial charge in [-0.1, -0.05) is 0 Å². The first kappa shape index (κ1) is 28.0. The van der Waals surface area contributed by atoms with Gasteiger partial charge >= 0.3 is 0 Å². The van der Waals surface area contributed by atoms with Crippen LogP contribution in [0.25, 0.3) is 5.76 Å². The maximum atomic E-state index is 13.9. The standard InChI is InChI=1S/C25H29IN4O8/c1-29(2)8-14(31)28-13-7-12(26)10-5-9-6-11-18(30(3)4)21(34)17(24(27)37)23(36)25(11,38)22(35)15(9)20(33)16(10)19(13)32/h7,9,11,18,32-33,36,38H,5-6,8H2,1-4H3,(H2,27,37)(H,28,31)/t9?,11?,18-,25-/m0/s1. The van der Waals surface area contributed by atoms with Crippen molar-refractivity contribution in [1.82, 2.24) is 9.80 Å². The van der Waals surface area contributed by atoms with Crippen LogP contribution in [-0.2, 0) is 25.6 Å². The van der Waals surface area contributed by atoms with Crippen LogP contribution in [0.15, 0.2) is 23.0 Å². The first-order valence-electron chi connectivity index (χ1n) is 11.8. The number of hydrogen-bond donors (Lipinski definition) is 6. The van der Waals surface area contributed by atoms with Crippen LogP contribution in [0.2, 0.25) is 0 Å². The highest BCUT2D eigenvalue weighted by Gasteiger charge is 2.64. The number of Topliss-reactive ketones (excluding diaryl/α,β-unsaturated/α-hetero) is 2. The smallest absolute Gasteiger partial charge is 0.255 e. The molecule has 0 spiro atoms. The molecule has 7 N–H and O–H groups in total. The minimum atomic E-state index is -2.70. The Hall–Kier alpha value is -3.01. The van der Waals surface area contributed by atoms with Gasteiger partial charge in [0.25, 0.3) is 5.91 Å². The highest BCUT2D eigenvalue weighted by atomic mass is 127. The first-order valence-corrected chi connectivity index (χ1v) is 12.8. The molecule has 13 heteroatoms. The molecular weight excluding hydrogens is 611 g/mol. The van der Waals surface area contributed by atoms with Crippen molar-refractivity contribution in [3.05, 3.63) is 37.7 Å². The van der Waals surface area contributed by atoms with Crippen molar-refractivity contribution >= 4 is 57.4 Å². The maximum Gasteiger partial charge on any atom is 0.255 e. The lowest BCUT2D eigenvalue weighted by atomic mass is 9.57. The number of nitrogens with one attached hydrogen (secondary N) is 1. The molecule has 1 saturated carbocycles. The number of anilines is 1. The van der Waals surface area contributed by atoms with Crippen LogP contribution >= 0.6 is 22.6 Å². The number of nitrogens with zero attached hydrogens (tertiary/aromatic N) is 2. The van der Waals surface area contributed by atoms with Gasteiger partial charge in [0.05, 0.1) is 23.8 Å². The molecule has 0 bridgehead atoms. The fourth-order valence-electron chi connectivity index (χ4n) is 5.84. The molecule has 204 valence electrons. The molecule has 3 aliphatic rings. The Morgan fingerprint density at radius 1 is 1.18 bits per heavy atom. The number of hydrogen-bond acceptors (Lipinski definition) is 10. The largest absolute Gasteiger partial charge is 0.508 e. The van der Waals surface area contributed by atoms with Crippen molar-refractivity contribution in [3.8, 4) is 5.75 Å². The normalized spacial score (nSPS) is 26.9. The molecule has 0 radical (unpaired) electrons. The Morgan fingerprint density at radius 2 is 1.82 bits per heavy atom. The van der Waals surface area contributed by atoms with E-state index in [-0.39, 0.29) is 36.2 Å². The molecule has 1 fully saturated rings. The molecule has 0 aromatic heterocycles. The van der Waals surface area contributed by atoms with E-state index in [1.807, 2.05) is 22.6 Å². The molecule has 0 heterocycles. The molecule has 1 aromatic rings. The number of phenolic OH excluding ortho intramolecular Hbond substituents is 1. The summed E-state index contributed by atoms with van der Waals surface area (Å²) in [5.41, 5.74) is 1.99. The zero-order valence-electron chi connectivity index (χ0n) is 21.2. The van der Waals surface area contributed by atoms with Crippen molar-refractivity contribution in [2.75, 3.05) is 40.1 Å². The van der Waals surface area contributed by atoms with E-state index < -0.39 is 69.7 Å². The van der Waals surface area contributed by atoms with Crippen LogP contribution < -0.4 is 11.1 Å². The number of rotatable bonds is 5. The third-order valence-corrected chi connectivity index (χ3v) is 8.36.